The van der Waals surface area contributed by atoms with Crippen LogP contribution in [-0.2, 0) is 0 Å². The Labute approximate surface area is 70.2 Å². The van der Waals surface area contributed by atoms with E-state index >= 15 is 0 Å². The maximum atomic E-state index is 3.75. The van der Waals surface area contributed by atoms with Crippen molar-refractivity contribution in [2.45, 2.75) is 33.1 Å². The summed E-state index contributed by atoms with van der Waals surface area (Å²) in [5, 5.41) is 3.18. The molecule has 0 unspecified atom stereocenters. The molecule has 64 valence electrons. The van der Waals surface area contributed by atoms with Crippen LogP contribution in [0.1, 0.15) is 33.1 Å². The van der Waals surface area contributed by atoms with Crippen molar-refractivity contribution in [2.75, 3.05) is 6.54 Å². The fourth-order valence-corrected chi connectivity index (χ4v) is 0.771. The Morgan fingerprint density at radius 3 is 2.55 bits per heavy atom. The summed E-state index contributed by atoms with van der Waals surface area (Å²) in [5.41, 5.74) is 1.05. The third-order valence-corrected chi connectivity index (χ3v) is 1.36. The lowest BCUT2D eigenvalue weighted by molar-refractivity contribution is 0.803. The van der Waals surface area contributed by atoms with Crippen molar-refractivity contribution in [3.05, 3.63) is 24.4 Å². The van der Waals surface area contributed by atoms with E-state index < -0.39 is 0 Å². The first-order valence-electron chi connectivity index (χ1n) is 4.31. The smallest absolute Gasteiger partial charge is 0.0178 e. The van der Waals surface area contributed by atoms with Crippen molar-refractivity contribution in [3.63, 3.8) is 0 Å². The lowest BCUT2D eigenvalue weighted by atomic mass is 10.3. The molecule has 0 aromatic carbocycles. The molecule has 0 heterocycles. The van der Waals surface area contributed by atoms with Gasteiger partial charge in [-0.1, -0.05) is 32.1 Å². The molecular formula is C10H19N. The van der Waals surface area contributed by atoms with Crippen LogP contribution in [0.5, 0.6) is 0 Å². The highest BCUT2D eigenvalue weighted by molar-refractivity contribution is 4.87. The standard InChI is InChI=1S/C10H19N/c1-4-5-6-7-8-9-11-10(2)3/h6-7,11H,2,4-5,8-9H2,1,3H3/b7-6+. The van der Waals surface area contributed by atoms with Crippen molar-refractivity contribution in [2.24, 2.45) is 0 Å². The van der Waals surface area contributed by atoms with Gasteiger partial charge in [-0.2, -0.15) is 0 Å². The molecule has 0 amide bonds. The average molecular weight is 153 g/mol. The quantitative estimate of drug-likeness (QED) is 0.457. The van der Waals surface area contributed by atoms with Gasteiger partial charge in [0.15, 0.2) is 0 Å². The van der Waals surface area contributed by atoms with Crippen LogP contribution in [0.25, 0.3) is 0 Å². The highest BCUT2D eigenvalue weighted by Crippen LogP contribution is 1.90. The largest absolute Gasteiger partial charge is 0.389 e. The maximum absolute atomic E-state index is 3.75. The summed E-state index contributed by atoms with van der Waals surface area (Å²) in [6.07, 6.45) is 8.00. The van der Waals surface area contributed by atoms with Gasteiger partial charge in [-0.05, 0) is 19.8 Å². The summed E-state index contributed by atoms with van der Waals surface area (Å²) >= 11 is 0. The molecule has 0 aromatic rings. The number of nitrogens with one attached hydrogen (secondary N) is 1. The fourth-order valence-electron chi connectivity index (χ4n) is 0.771. The first kappa shape index (κ1) is 10.3. The van der Waals surface area contributed by atoms with Crippen LogP contribution in [0.4, 0.5) is 0 Å². The summed E-state index contributed by atoms with van der Waals surface area (Å²) in [6.45, 7) is 8.94. The third-order valence-electron chi connectivity index (χ3n) is 1.36. The molecule has 0 saturated carbocycles. The van der Waals surface area contributed by atoms with Crippen molar-refractivity contribution in [3.8, 4) is 0 Å². The molecule has 1 heteroatoms. The molecule has 0 aromatic heterocycles. The molecule has 0 rings (SSSR count). The predicted octanol–water partition coefficient (Wildman–Crippen LogP) is 2.86. The van der Waals surface area contributed by atoms with Crippen LogP contribution in [0, 0.1) is 0 Å². The molecule has 0 radical (unpaired) electrons. The molecule has 0 aliphatic carbocycles. The van der Waals surface area contributed by atoms with Gasteiger partial charge in [-0.15, -0.1) is 0 Å². The van der Waals surface area contributed by atoms with E-state index in [0.717, 1.165) is 18.7 Å². The molecule has 0 saturated heterocycles. The second-order valence-electron chi connectivity index (χ2n) is 2.76. The number of unbranched alkanes of at least 4 members (excludes halogenated alkanes) is 1. The van der Waals surface area contributed by atoms with Crippen LogP contribution < -0.4 is 5.32 Å². The van der Waals surface area contributed by atoms with Crippen molar-refractivity contribution in [1.82, 2.24) is 5.32 Å². The molecule has 0 atom stereocenters. The summed E-state index contributed by atoms with van der Waals surface area (Å²) in [7, 11) is 0. The van der Waals surface area contributed by atoms with E-state index in [2.05, 4.69) is 31.0 Å². The van der Waals surface area contributed by atoms with Crippen molar-refractivity contribution >= 4 is 0 Å². The van der Waals surface area contributed by atoms with Gasteiger partial charge in [0, 0.05) is 12.2 Å². The van der Waals surface area contributed by atoms with Crippen molar-refractivity contribution in [1.29, 1.82) is 0 Å². The Balaban J connectivity index is 3.07. The van der Waals surface area contributed by atoms with Crippen LogP contribution >= 0.6 is 0 Å². The monoisotopic (exact) mass is 153 g/mol. The first-order chi connectivity index (χ1) is 5.27. The summed E-state index contributed by atoms with van der Waals surface area (Å²) < 4.78 is 0. The lowest BCUT2D eigenvalue weighted by Gasteiger charge is -2.00. The molecule has 1 nitrogen and oxygen atoms in total. The maximum Gasteiger partial charge on any atom is 0.0178 e. The van der Waals surface area contributed by atoms with Crippen LogP contribution in [0.2, 0.25) is 0 Å². The Bertz CT molecular complexity index is 125. The predicted molar refractivity (Wildman–Crippen MR) is 51.5 cm³/mol. The fraction of sp³-hybridized carbons (Fsp3) is 0.600. The Morgan fingerprint density at radius 1 is 1.36 bits per heavy atom. The zero-order valence-corrected chi connectivity index (χ0v) is 7.69. The molecule has 0 aliphatic heterocycles. The van der Waals surface area contributed by atoms with E-state index in [9.17, 15) is 0 Å². The molecular weight excluding hydrogens is 134 g/mol. The second-order valence-corrected chi connectivity index (χ2v) is 2.76. The van der Waals surface area contributed by atoms with Crippen molar-refractivity contribution < 1.29 is 0 Å². The second kappa shape index (κ2) is 7.39. The number of allylic oxidation sites excluding steroid dienone is 2. The molecule has 0 bridgehead atoms. The highest BCUT2D eigenvalue weighted by atomic mass is 14.9. The van der Waals surface area contributed by atoms with E-state index in [1.165, 1.54) is 12.8 Å². The number of hydrogen-bond donors (Lipinski definition) is 1. The molecule has 1 N–H and O–H groups in total. The van der Waals surface area contributed by atoms with Gasteiger partial charge in [0.25, 0.3) is 0 Å². The van der Waals surface area contributed by atoms with Crippen LogP contribution in [0.15, 0.2) is 24.4 Å². The zero-order valence-electron chi connectivity index (χ0n) is 7.69. The van der Waals surface area contributed by atoms with Gasteiger partial charge in [-0.25, -0.2) is 0 Å². The van der Waals surface area contributed by atoms with Crippen LogP contribution in [0.3, 0.4) is 0 Å². The summed E-state index contributed by atoms with van der Waals surface area (Å²) in [6, 6.07) is 0. The number of rotatable bonds is 6. The van der Waals surface area contributed by atoms with Gasteiger partial charge in [-0.3, -0.25) is 0 Å². The van der Waals surface area contributed by atoms with Gasteiger partial charge >= 0.3 is 0 Å². The minimum Gasteiger partial charge on any atom is -0.389 e. The van der Waals surface area contributed by atoms with Gasteiger partial charge in [0.05, 0.1) is 0 Å². The molecule has 0 aliphatic rings. The minimum atomic E-state index is 1.01. The van der Waals surface area contributed by atoms with Gasteiger partial charge in [0.1, 0.15) is 0 Å². The highest BCUT2D eigenvalue weighted by Gasteiger charge is 1.80. The van der Waals surface area contributed by atoms with Gasteiger partial charge in [0.2, 0.25) is 0 Å². The van der Waals surface area contributed by atoms with Crippen LogP contribution in [-0.4, -0.2) is 6.54 Å². The molecule has 0 fully saturated rings. The Hall–Kier alpha value is -0.720. The van der Waals surface area contributed by atoms with E-state index in [4.69, 9.17) is 0 Å². The number of hydrogen-bond acceptors (Lipinski definition) is 1. The average Bonchev–Trinajstić information content (AvgIpc) is 1.96. The van der Waals surface area contributed by atoms with E-state index in [1.54, 1.807) is 0 Å². The van der Waals surface area contributed by atoms with E-state index in [1.807, 2.05) is 6.92 Å². The normalized spacial score (nSPS) is 10.4. The summed E-state index contributed by atoms with van der Waals surface area (Å²) in [4.78, 5) is 0. The molecule has 11 heavy (non-hydrogen) atoms. The minimum absolute atomic E-state index is 1.01. The lowest BCUT2D eigenvalue weighted by Crippen LogP contribution is -2.10. The first-order valence-corrected chi connectivity index (χ1v) is 4.31. The van der Waals surface area contributed by atoms with E-state index in [-0.39, 0.29) is 0 Å². The summed E-state index contributed by atoms with van der Waals surface area (Å²) in [5.74, 6) is 0. The third kappa shape index (κ3) is 9.28. The molecule has 0 spiro atoms. The topological polar surface area (TPSA) is 12.0 Å². The van der Waals surface area contributed by atoms with Gasteiger partial charge < -0.3 is 5.32 Å². The van der Waals surface area contributed by atoms with E-state index in [0.29, 0.717) is 0 Å². The Kier molecular flexibility index (Phi) is 6.90. The Morgan fingerprint density at radius 2 is 2.00 bits per heavy atom. The zero-order chi connectivity index (χ0) is 8.53. The SMILES string of the molecule is C=C(C)NCC/C=C/CCC.